The van der Waals surface area contributed by atoms with Crippen LogP contribution in [0, 0.1) is 5.92 Å². The fourth-order valence-electron chi connectivity index (χ4n) is 2.97. The molecule has 1 saturated carbocycles. The molecular formula is C16H16ClN5O. The Kier molecular flexibility index (Phi) is 3.23. The Balaban J connectivity index is 1.76. The van der Waals surface area contributed by atoms with Crippen LogP contribution in [-0.4, -0.2) is 24.9 Å². The average Bonchev–Trinajstić information content (AvgIpc) is 3.12. The zero-order valence-corrected chi connectivity index (χ0v) is 13.7. The van der Waals surface area contributed by atoms with Crippen molar-refractivity contribution in [2.45, 2.75) is 25.2 Å². The molecule has 118 valence electrons. The predicted octanol–water partition coefficient (Wildman–Crippen LogP) is 3.23. The Bertz CT molecular complexity index is 836. The van der Waals surface area contributed by atoms with Gasteiger partial charge in [-0.05, 0) is 37.3 Å². The van der Waals surface area contributed by atoms with Gasteiger partial charge in [-0.25, -0.2) is 4.98 Å². The molecule has 4 rings (SSSR count). The quantitative estimate of drug-likeness (QED) is 0.687. The molecule has 3 aromatic heterocycles. The molecule has 6 nitrogen and oxygen atoms in total. The molecule has 0 amide bonds. The zero-order chi connectivity index (χ0) is 16.0. The van der Waals surface area contributed by atoms with Gasteiger partial charge in [0, 0.05) is 19.4 Å². The van der Waals surface area contributed by atoms with Gasteiger partial charge < -0.3 is 4.52 Å². The molecule has 3 aromatic rings. The van der Waals surface area contributed by atoms with E-state index in [1.54, 1.807) is 23.1 Å². The van der Waals surface area contributed by atoms with E-state index in [2.05, 4.69) is 27.1 Å². The van der Waals surface area contributed by atoms with Crippen LogP contribution in [0.5, 0.6) is 0 Å². The Morgan fingerprint density at radius 3 is 2.74 bits per heavy atom. The summed E-state index contributed by atoms with van der Waals surface area (Å²) in [5.41, 5.74) is 1.56. The lowest BCUT2D eigenvalue weighted by Crippen LogP contribution is -2.28. The third-order valence-corrected chi connectivity index (χ3v) is 4.79. The van der Waals surface area contributed by atoms with Gasteiger partial charge in [-0.3, -0.25) is 4.68 Å². The maximum Gasteiger partial charge on any atom is 0.261 e. The van der Waals surface area contributed by atoms with Gasteiger partial charge in [0.1, 0.15) is 5.15 Å². The fraction of sp³-hybridized carbons (Fsp3) is 0.375. The van der Waals surface area contributed by atoms with Gasteiger partial charge in [-0.2, -0.15) is 10.1 Å². The van der Waals surface area contributed by atoms with E-state index in [1.165, 1.54) is 0 Å². The second kappa shape index (κ2) is 5.16. The molecule has 0 radical (unpaired) electrons. The number of nitrogens with zero attached hydrogens (tertiary/aromatic N) is 5. The number of hydrogen-bond acceptors (Lipinski definition) is 5. The van der Waals surface area contributed by atoms with Crippen molar-refractivity contribution < 1.29 is 4.52 Å². The summed E-state index contributed by atoms with van der Waals surface area (Å²) in [4.78, 5) is 8.85. The maximum absolute atomic E-state index is 5.92. The summed E-state index contributed by atoms with van der Waals surface area (Å²) >= 11 is 5.92. The van der Waals surface area contributed by atoms with E-state index in [0.29, 0.717) is 22.8 Å². The van der Waals surface area contributed by atoms with Gasteiger partial charge in [0.05, 0.1) is 17.2 Å². The molecule has 0 unspecified atom stereocenters. The van der Waals surface area contributed by atoms with Crippen molar-refractivity contribution in [3.63, 3.8) is 0 Å². The summed E-state index contributed by atoms with van der Waals surface area (Å²) in [5.74, 6) is 1.66. The van der Waals surface area contributed by atoms with Gasteiger partial charge in [0.25, 0.3) is 5.89 Å². The Morgan fingerprint density at radius 1 is 1.30 bits per heavy atom. The van der Waals surface area contributed by atoms with Crippen LogP contribution in [-0.2, 0) is 12.5 Å². The summed E-state index contributed by atoms with van der Waals surface area (Å²) in [7, 11) is 1.86. The van der Waals surface area contributed by atoms with Crippen molar-refractivity contribution in [3.05, 3.63) is 47.3 Å². The molecule has 0 aromatic carbocycles. The lowest BCUT2D eigenvalue weighted by Gasteiger charge is -2.26. The van der Waals surface area contributed by atoms with Gasteiger partial charge in [-0.15, -0.1) is 0 Å². The van der Waals surface area contributed by atoms with Crippen molar-refractivity contribution in [3.8, 4) is 11.5 Å². The summed E-state index contributed by atoms with van der Waals surface area (Å²) in [6.45, 7) is 2.15. The third kappa shape index (κ3) is 2.43. The summed E-state index contributed by atoms with van der Waals surface area (Å²) in [6, 6.07) is 3.80. The van der Waals surface area contributed by atoms with E-state index in [1.807, 2.05) is 19.3 Å². The van der Waals surface area contributed by atoms with Gasteiger partial charge in [0.15, 0.2) is 5.82 Å². The van der Waals surface area contributed by atoms with Gasteiger partial charge >= 0.3 is 0 Å². The van der Waals surface area contributed by atoms with E-state index in [-0.39, 0.29) is 5.41 Å². The van der Waals surface area contributed by atoms with Crippen LogP contribution in [0.4, 0.5) is 0 Å². The van der Waals surface area contributed by atoms with Gasteiger partial charge in [0.2, 0.25) is 0 Å². The van der Waals surface area contributed by atoms with E-state index >= 15 is 0 Å². The number of pyridine rings is 1. The smallest absolute Gasteiger partial charge is 0.261 e. The Hall–Kier alpha value is -2.21. The van der Waals surface area contributed by atoms with E-state index in [0.717, 1.165) is 24.0 Å². The first-order chi connectivity index (χ1) is 11.1. The second-order valence-corrected chi connectivity index (χ2v) is 6.56. The maximum atomic E-state index is 5.92. The van der Waals surface area contributed by atoms with Crippen molar-refractivity contribution in [2.75, 3.05) is 0 Å². The first kappa shape index (κ1) is 14.4. The van der Waals surface area contributed by atoms with Crippen LogP contribution in [0.25, 0.3) is 11.5 Å². The predicted molar refractivity (Wildman–Crippen MR) is 84.9 cm³/mol. The summed E-state index contributed by atoms with van der Waals surface area (Å²) in [5, 5.41) is 8.88. The van der Waals surface area contributed by atoms with Crippen LogP contribution in [0.15, 0.2) is 35.2 Å². The summed E-state index contributed by atoms with van der Waals surface area (Å²) < 4.78 is 7.18. The highest BCUT2D eigenvalue weighted by molar-refractivity contribution is 6.29. The molecule has 7 heteroatoms. The van der Waals surface area contributed by atoms with Crippen molar-refractivity contribution in [1.29, 1.82) is 0 Å². The number of aryl methyl sites for hydroxylation is 1. The van der Waals surface area contributed by atoms with Crippen molar-refractivity contribution in [1.82, 2.24) is 24.9 Å². The zero-order valence-electron chi connectivity index (χ0n) is 12.9. The highest BCUT2D eigenvalue weighted by Crippen LogP contribution is 2.50. The molecule has 0 saturated heterocycles. The van der Waals surface area contributed by atoms with Crippen LogP contribution < -0.4 is 0 Å². The molecule has 1 atom stereocenters. The minimum Gasteiger partial charge on any atom is -0.334 e. The second-order valence-electron chi connectivity index (χ2n) is 6.17. The molecule has 0 bridgehead atoms. The lowest BCUT2D eigenvalue weighted by atomic mass is 9.78. The normalized spacial score (nSPS) is 17.2. The molecule has 0 N–H and O–H groups in total. The monoisotopic (exact) mass is 329 g/mol. The van der Waals surface area contributed by atoms with Gasteiger partial charge in [-0.1, -0.05) is 22.8 Å². The first-order valence-corrected chi connectivity index (χ1v) is 7.90. The number of halogens is 1. The minimum atomic E-state index is -0.318. The molecule has 23 heavy (non-hydrogen) atoms. The fourth-order valence-corrected chi connectivity index (χ4v) is 3.09. The van der Waals surface area contributed by atoms with Crippen LogP contribution >= 0.6 is 11.6 Å². The minimum absolute atomic E-state index is 0.318. The molecule has 0 aliphatic heterocycles. The highest BCUT2D eigenvalue weighted by atomic mass is 35.5. The number of aromatic nitrogens is 5. The highest BCUT2D eigenvalue weighted by Gasteiger charge is 2.47. The van der Waals surface area contributed by atoms with Crippen LogP contribution in [0.1, 0.15) is 31.2 Å². The van der Waals surface area contributed by atoms with Crippen molar-refractivity contribution >= 4 is 11.6 Å². The van der Waals surface area contributed by atoms with Crippen LogP contribution in [0.3, 0.4) is 0 Å². The number of hydrogen-bond donors (Lipinski definition) is 0. The SMILES string of the molecule is Cn1cc(-c2nc([C@@](C)(c3ccc(Cl)nc3)C3CC3)no2)cn1. The average molecular weight is 330 g/mol. The molecule has 0 spiro atoms. The third-order valence-electron chi connectivity index (χ3n) is 4.56. The molecule has 1 fully saturated rings. The standard InChI is InChI=1S/C16H16ClN5O/c1-16(11-3-4-11,12-5-6-13(17)18-8-12)15-20-14(23-21-15)10-7-19-22(2)9-10/h5-9,11H,3-4H2,1-2H3/t16-/m1/s1. The van der Waals surface area contributed by atoms with E-state index in [4.69, 9.17) is 16.1 Å². The van der Waals surface area contributed by atoms with E-state index < -0.39 is 0 Å². The molecule has 3 heterocycles. The van der Waals surface area contributed by atoms with Crippen LogP contribution in [0.2, 0.25) is 5.15 Å². The Morgan fingerprint density at radius 2 is 2.13 bits per heavy atom. The largest absolute Gasteiger partial charge is 0.334 e. The topological polar surface area (TPSA) is 69.6 Å². The molecule has 1 aliphatic carbocycles. The lowest BCUT2D eigenvalue weighted by molar-refractivity contribution is 0.386. The van der Waals surface area contributed by atoms with E-state index in [9.17, 15) is 0 Å². The van der Waals surface area contributed by atoms with Crippen molar-refractivity contribution in [2.24, 2.45) is 13.0 Å². The first-order valence-electron chi connectivity index (χ1n) is 7.52. The molecule has 1 aliphatic rings. The number of rotatable bonds is 4. The summed E-state index contributed by atoms with van der Waals surface area (Å²) in [6.07, 6.45) is 7.68. The Labute approximate surface area is 138 Å². The molecular weight excluding hydrogens is 314 g/mol.